The van der Waals surface area contributed by atoms with Crippen molar-refractivity contribution in [1.82, 2.24) is 4.90 Å². The molecule has 4 nitrogen and oxygen atoms in total. The number of thiophene rings is 1. The number of hydrogen-bond acceptors (Lipinski definition) is 4. The third-order valence-electron chi connectivity index (χ3n) is 1.76. The van der Waals surface area contributed by atoms with Crippen LogP contribution in [0.15, 0.2) is 12.1 Å². The molecular formula is C9H11ClN2O2S. The Morgan fingerprint density at radius 1 is 1.53 bits per heavy atom. The molecule has 0 aliphatic heterocycles. The van der Waals surface area contributed by atoms with E-state index in [1.807, 2.05) is 0 Å². The number of imide groups is 1. The van der Waals surface area contributed by atoms with Crippen molar-refractivity contribution >= 4 is 34.8 Å². The fourth-order valence-electron chi connectivity index (χ4n) is 1.09. The fourth-order valence-corrected chi connectivity index (χ4v) is 2.09. The average Bonchev–Trinajstić information content (AvgIpc) is 2.59. The molecule has 82 valence electrons. The predicted molar refractivity (Wildman–Crippen MR) is 60.1 cm³/mol. The van der Waals surface area contributed by atoms with Crippen LogP contribution >= 0.6 is 22.9 Å². The Morgan fingerprint density at radius 2 is 2.20 bits per heavy atom. The first-order valence-corrected chi connectivity index (χ1v) is 5.53. The van der Waals surface area contributed by atoms with Crippen LogP contribution in [0.3, 0.4) is 0 Å². The van der Waals surface area contributed by atoms with Gasteiger partial charge in [0.25, 0.3) is 5.91 Å². The summed E-state index contributed by atoms with van der Waals surface area (Å²) in [4.78, 5) is 24.5. The third-order valence-corrected chi connectivity index (χ3v) is 2.98. The molecule has 6 heteroatoms. The summed E-state index contributed by atoms with van der Waals surface area (Å²) in [5.41, 5.74) is 5.32. The Kier molecular flexibility index (Phi) is 4.26. The van der Waals surface area contributed by atoms with Crippen molar-refractivity contribution in [3.63, 3.8) is 0 Å². The lowest BCUT2D eigenvalue weighted by Gasteiger charge is -2.16. The quantitative estimate of drug-likeness (QED) is 0.876. The third kappa shape index (κ3) is 3.02. The van der Waals surface area contributed by atoms with E-state index < -0.39 is 0 Å². The Bertz CT molecular complexity index is 378. The maximum absolute atomic E-state index is 11.8. The maximum Gasteiger partial charge on any atom is 0.270 e. The Morgan fingerprint density at radius 3 is 2.60 bits per heavy atom. The van der Waals surface area contributed by atoms with Crippen LogP contribution in [-0.2, 0) is 4.79 Å². The zero-order valence-corrected chi connectivity index (χ0v) is 9.77. The van der Waals surface area contributed by atoms with Crippen LogP contribution in [0.4, 0.5) is 0 Å². The predicted octanol–water partition coefficient (Wildman–Crippen LogP) is 1.35. The van der Waals surface area contributed by atoms with E-state index in [0.717, 1.165) is 16.2 Å². The molecule has 0 fully saturated rings. The van der Waals surface area contributed by atoms with E-state index >= 15 is 0 Å². The molecule has 0 bridgehead atoms. The van der Waals surface area contributed by atoms with Crippen molar-refractivity contribution in [3.8, 4) is 0 Å². The lowest BCUT2D eigenvalue weighted by molar-refractivity contribution is -0.126. The molecule has 0 atom stereocenters. The van der Waals surface area contributed by atoms with Crippen LogP contribution in [0.25, 0.3) is 0 Å². The van der Waals surface area contributed by atoms with E-state index in [4.69, 9.17) is 17.3 Å². The van der Waals surface area contributed by atoms with Crippen LogP contribution in [0.2, 0.25) is 4.34 Å². The topological polar surface area (TPSA) is 63.4 Å². The average molecular weight is 247 g/mol. The van der Waals surface area contributed by atoms with Gasteiger partial charge in [-0.15, -0.1) is 11.3 Å². The van der Waals surface area contributed by atoms with Gasteiger partial charge in [0.05, 0.1) is 9.21 Å². The number of nitrogens with two attached hydrogens (primary N) is 1. The highest BCUT2D eigenvalue weighted by atomic mass is 35.5. The second kappa shape index (κ2) is 5.25. The van der Waals surface area contributed by atoms with Gasteiger partial charge in [-0.25, -0.2) is 0 Å². The molecule has 0 saturated heterocycles. The van der Waals surface area contributed by atoms with Gasteiger partial charge in [-0.3, -0.25) is 14.5 Å². The number of amides is 2. The molecule has 2 amide bonds. The van der Waals surface area contributed by atoms with Crippen molar-refractivity contribution in [2.75, 3.05) is 13.1 Å². The number of nitrogens with zero attached hydrogens (tertiary/aromatic N) is 1. The van der Waals surface area contributed by atoms with Gasteiger partial charge in [-0.1, -0.05) is 11.6 Å². The number of carbonyl (C=O) groups is 2. The lowest BCUT2D eigenvalue weighted by Crippen LogP contribution is -2.38. The van der Waals surface area contributed by atoms with Crippen molar-refractivity contribution in [1.29, 1.82) is 0 Å². The minimum Gasteiger partial charge on any atom is -0.329 e. The highest BCUT2D eigenvalue weighted by Gasteiger charge is 2.20. The summed E-state index contributed by atoms with van der Waals surface area (Å²) in [7, 11) is 0. The summed E-state index contributed by atoms with van der Waals surface area (Å²) < 4.78 is 0.523. The minimum absolute atomic E-state index is 0.226. The van der Waals surface area contributed by atoms with Crippen LogP contribution in [0, 0.1) is 0 Å². The van der Waals surface area contributed by atoms with Crippen LogP contribution < -0.4 is 5.73 Å². The molecular weight excluding hydrogens is 236 g/mol. The van der Waals surface area contributed by atoms with Crippen molar-refractivity contribution in [2.24, 2.45) is 5.73 Å². The van der Waals surface area contributed by atoms with Gasteiger partial charge in [0.2, 0.25) is 5.91 Å². The molecule has 0 saturated carbocycles. The zero-order chi connectivity index (χ0) is 11.4. The molecule has 15 heavy (non-hydrogen) atoms. The molecule has 1 heterocycles. The number of hydrogen-bond donors (Lipinski definition) is 1. The van der Waals surface area contributed by atoms with E-state index in [9.17, 15) is 9.59 Å². The lowest BCUT2D eigenvalue weighted by atomic mass is 10.3. The van der Waals surface area contributed by atoms with Crippen LogP contribution in [-0.4, -0.2) is 29.8 Å². The summed E-state index contributed by atoms with van der Waals surface area (Å²) in [6.45, 7) is 1.82. The second-order valence-electron chi connectivity index (χ2n) is 2.87. The monoisotopic (exact) mass is 246 g/mol. The van der Waals surface area contributed by atoms with Gasteiger partial charge in [0.15, 0.2) is 0 Å². The van der Waals surface area contributed by atoms with Crippen LogP contribution in [0.1, 0.15) is 16.6 Å². The Labute approximate surface area is 96.6 Å². The van der Waals surface area contributed by atoms with E-state index in [1.54, 1.807) is 12.1 Å². The molecule has 0 radical (unpaired) electrons. The molecule has 1 aromatic rings. The van der Waals surface area contributed by atoms with Crippen molar-refractivity contribution in [3.05, 3.63) is 21.3 Å². The molecule has 1 rings (SSSR count). The van der Waals surface area contributed by atoms with Crippen molar-refractivity contribution in [2.45, 2.75) is 6.92 Å². The first-order valence-electron chi connectivity index (χ1n) is 4.34. The van der Waals surface area contributed by atoms with Gasteiger partial charge in [0, 0.05) is 20.0 Å². The Hall–Kier alpha value is -0.910. The summed E-state index contributed by atoms with van der Waals surface area (Å²) in [5, 5.41) is 0. The van der Waals surface area contributed by atoms with Gasteiger partial charge in [0.1, 0.15) is 0 Å². The molecule has 1 aromatic heterocycles. The van der Waals surface area contributed by atoms with Gasteiger partial charge in [-0.2, -0.15) is 0 Å². The highest BCUT2D eigenvalue weighted by molar-refractivity contribution is 7.18. The van der Waals surface area contributed by atoms with Gasteiger partial charge < -0.3 is 5.73 Å². The zero-order valence-electron chi connectivity index (χ0n) is 8.20. The molecule has 0 spiro atoms. The van der Waals surface area contributed by atoms with Gasteiger partial charge in [-0.05, 0) is 12.1 Å². The van der Waals surface area contributed by atoms with E-state index in [2.05, 4.69) is 0 Å². The standard InChI is InChI=1S/C9H11ClN2O2S/c1-6(13)12(5-4-11)9(14)7-2-3-8(10)15-7/h2-3H,4-5,11H2,1H3. The van der Waals surface area contributed by atoms with E-state index in [1.165, 1.54) is 6.92 Å². The molecule has 0 aliphatic rings. The van der Waals surface area contributed by atoms with E-state index in [0.29, 0.717) is 9.21 Å². The number of carbonyl (C=O) groups excluding carboxylic acids is 2. The highest BCUT2D eigenvalue weighted by Crippen LogP contribution is 2.22. The van der Waals surface area contributed by atoms with Crippen LogP contribution in [0.5, 0.6) is 0 Å². The normalized spacial score (nSPS) is 10.1. The molecule has 2 N–H and O–H groups in total. The first kappa shape index (κ1) is 12.2. The molecule has 0 unspecified atom stereocenters. The van der Waals surface area contributed by atoms with E-state index in [-0.39, 0.29) is 24.9 Å². The Balaban J connectivity index is 2.85. The fraction of sp³-hybridized carbons (Fsp3) is 0.333. The molecule has 0 aliphatic carbocycles. The first-order chi connectivity index (χ1) is 7.06. The molecule has 0 aromatic carbocycles. The summed E-state index contributed by atoms with van der Waals surface area (Å²) in [5.74, 6) is -0.653. The summed E-state index contributed by atoms with van der Waals surface area (Å²) in [6.07, 6.45) is 0. The van der Waals surface area contributed by atoms with Crippen molar-refractivity contribution < 1.29 is 9.59 Å². The smallest absolute Gasteiger partial charge is 0.270 e. The largest absolute Gasteiger partial charge is 0.329 e. The van der Waals surface area contributed by atoms with Gasteiger partial charge >= 0.3 is 0 Å². The number of rotatable bonds is 3. The summed E-state index contributed by atoms with van der Waals surface area (Å²) >= 11 is 6.85. The SMILES string of the molecule is CC(=O)N(CCN)C(=O)c1ccc(Cl)s1. The number of halogens is 1. The minimum atomic E-state index is -0.343. The maximum atomic E-state index is 11.8. The second-order valence-corrected chi connectivity index (χ2v) is 4.58. The summed E-state index contributed by atoms with van der Waals surface area (Å²) in [6, 6.07) is 3.22.